The monoisotopic (exact) mass is 339 g/mol. The molecule has 0 unspecified atom stereocenters. The van der Waals surface area contributed by atoms with E-state index < -0.39 is 0 Å². The molecule has 1 aliphatic heterocycles. The van der Waals surface area contributed by atoms with Gasteiger partial charge in [-0.25, -0.2) is 0 Å². The average Bonchev–Trinajstić information content (AvgIpc) is 3.29. The summed E-state index contributed by atoms with van der Waals surface area (Å²) in [6.45, 7) is 4.89. The number of rotatable bonds is 4. The Kier molecular flexibility index (Phi) is 4.32. The number of carbonyl (C=O) groups excluding carboxylic acids is 1. The summed E-state index contributed by atoms with van der Waals surface area (Å²) in [5.41, 5.74) is 1.27. The number of hydrogen-bond donors (Lipinski definition) is 0. The molecule has 0 spiro atoms. The van der Waals surface area contributed by atoms with Crippen molar-refractivity contribution in [3.63, 3.8) is 0 Å². The van der Waals surface area contributed by atoms with Gasteiger partial charge in [0.15, 0.2) is 5.82 Å². The maximum Gasteiger partial charge on any atom is 0.249 e. The molecule has 2 aliphatic rings. The molecule has 1 aromatic carbocycles. The van der Waals surface area contributed by atoms with Crippen LogP contribution in [-0.4, -0.2) is 27.5 Å². The minimum Gasteiger partial charge on any atom is -0.337 e. The Morgan fingerprint density at radius 1 is 1.24 bits per heavy atom. The van der Waals surface area contributed by atoms with Gasteiger partial charge in [0.2, 0.25) is 11.8 Å². The third-order valence-electron chi connectivity index (χ3n) is 5.38. The van der Waals surface area contributed by atoms with Crippen LogP contribution >= 0.6 is 0 Å². The molecular weight excluding hydrogens is 314 g/mol. The number of benzene rings is 1. The lowest BCUT2D eigenvalue weighted by Crippen LogP contribution is -2.39. The molecule has 0 N–H and O–H groups in total. The summed E-state index contributed by atoms with van der Waals surface area (Å²) in [6, 6.07) is 10.3. The summed E-state index contributed by atoms with van der Waals surface area (Å²) in [6.07, 6.45) is 4.01. The van der Waals surface area contributed by atoms with Gasteiger partial charge in [-0.15, -0.1) is 0 Å². The normalized spacial score (nSPS) is 26.0. The molecule has 2 aromatic rings. The van der Waals surface area contributed by atoms with Crippen LogP contribution in [0.3, 0.4) is 0 Å². The first-order valence-electron chi connectivity index (χ1n) is 9.34. The van der Waals surface area contributed by atoms with Gasteiger partial charge in [0, 0.05) is 18.4 Å². The van der Waals surface area contributed by atoms with Crippen LogP contribution in [0, 0.1) is 5.92 Å². The zero-order chi connectivity index (χ0) is 17.4. The molecule has 132 valence electrons. The van der Waals surface area contributed by atoms with Gasteiger partial charge in [-0.05, 0) is 37.2 Å². The van der Waals surface area contributed by atoms with E-state index >= 15 is 0 Å². The maximum atomic E-state index is 13.1. The van der Waals surface area contributed by atoms with Crippen molar-refractivity contribution < 1.29 is 9.32 Å². The van der Waals surface area contributed by atoms with E-state index in [1.165, 1.54) is 5.56 Å². The number of amides is 1. The first-order chi connectivity index (χ1) is 12.1. The standard InChI is InChI=1S/C20H25N3O2/c1-13(2)18-21-19(25-22-18)17-10-6-7-11-23(17)20(24)16-12-15(16)14-8-4-3-5-9-14/h3-5,8-9,13,15-17H,6-7,10-12H2,1-2H3/t15-,16+,17+/m1/s1. The Morgan fingerprint density at radius 3 is 2.76 bits per heavy atom. The fraction of sp³-hybridized carbons (Fsp3) is 0.550. The second kappa shape index (κ2) is 6.62. The van der Waals surface area contributed by atoms with E-state index in [2.05, 4.69) is 22.3 Å². The predicted molar refractivity (Wildman–Crippen MR) is 94.0 cm³/mol. The fourth-order valence-corrected chi connectivity index (χ4v) is 3.82. The van der Waals surface area contributed by atoms with Crippen LogP contribution in [0.5, 0.6) is 0 Å². The first kappa shape index (κ1) is 16.3. The van der Waals surface area contributed by atoms with Crippen molar-refractivity contribution in [1.29, 1.82) is 0 Å². The van der Waals surface area contributed by atoms with Crippen LogP contribution in [-0.2, 0) is 4.79 Å². The van der Waals surface area contributed by atoms with Crippen molar-refractivity contribution in [2.75, 3.05) is 6.54 Å². The van der Waals surface area contributed by atoms with E-state index in [9.17, 15) is 4.79 Å². The van der Waals surface area contributed by atoms with Gasteiger partial charge in [0.05, 0.1) is 0 Å². The SMILES string of the molecule is CC(C)c1noc([C@@H]2CCCCN2C(=O)[C@H]2C[C@@H]2c2ccccc2)n1. The lowest BCUT2D eigenvalue weighted by atomic mass is 10.0. The number of carbonyl (C=O) groups is 1. The molecule has 1 amide bonds. The summed E-state index contributed by atoms with van der Waals surface area (Å²) in [5.74, 6) is 2.29. The molecule has 3 atom stereocenters. The van der Waals surface area contributed by atoms with Crippen molar-refractivity contribution in [1.82, 2.24) is 15.0 Å². The Labute approximate surface area is 148 Å². The maximum absolute atomic E-state index is 13.1. The van der Waals surface area contributed by atoms with Crippen molar-refractivity contribution in [3.05, 3.63) is 47.6 Å². The van der Waals surface area contributed by atoms with Crippen LogP contribution < -0.4 is 0 Å². The fourth-order valence-electron chi connectivity index (χ4n) is 3.82. The number of aromatic nitrogens is 2. The second-order valence-corrected chi connectivity index (χ2v) is 7.55. The lowest BCUT2D eigenvalue weighted by Gasteiger charge is -2.33. The summed E-state index contributed by atoms with van der Waals surface area (Å²) in [4.78, 5) is 19.7. The summed E-state index contributed by atoms with van der Waals surface area (Å²) >= 11 is 0. The molecule has 5 nitrogen and oxygen atoms in total. The topological polar surface area (TPSA) is 59.2 Å². The van der Waals surface area contributed by atoms with Crippen molar-refractivity contribution in [2.45, 2.75) is 57.4 Å². The van der Waals surface area contributed by atoms with Crippen LogP contribution in [0.2, 0.25) is 0 Å². The third kappa shape index (κ3) is 3.20. The highest BCUT2D eigenvalue weighted by Crippen LogP contribution is 2.49. The van der Waals surface area contributed by atoms with Gasteiger partial charge in [-0.1, -0.05) is 49.3 Å². The number of hydrogen-bond acceptors (Lipinski definition) is 4. The van der Waals surface area contributed by atoms with Crippen LogP contribution in [0.1, 0.15) is 74.7 Å². The summed E-state index contributed by atoms with van der Waals surface area (Å²) in [5, 5.41) is 4.08. The largest absolute Gasteiger partial charge is 0.337 e. The summed E-state index contributed by atoms with van der Waals surface area (Å²) in [7, 11) is 0. The first-order valence-corrected chi connectivity index (χ1v) is 9.34. The summed E-state index contributed by atoms with van der Waals surface area (Å²) < 4.78 is 5.50. The molecule has 2 heterocycles. The number of nitrogens with zero attached hydrogens (tertiary/aromatic N) is 3. The van der Waals surface area contributed by atoms with Crippen LogP contribution in [0.15, 0.2) is 34.9 Å². The lowest BCUT2D eigenvalue weighted by molar-refractivity contribution is -0.137. The average molecular weight is 339 g/mol. The molecule has 0 bridgehead atoms. The van der Waals surface area contributed by atoms with E-state index in [-0.39, 0.29) is 23.8 Å². The predicted octanol–water partition coefficient (Wildman–Crippen LogP) is 4.05. The molecule has 5 heteroatoms. The molecule has 4 rings (SSSR count). The third-order valence-corrected chi connectivity index (χ3v) is 5.38. The van der Waals surface area contributed by atoms with Gasteiger partial charge in [0.25, 0.3) is 0 Å². The molecule has 1 aliphatic carbocycles. The van der Waals surface area contributed by atoms with E-state index in [1.807, 2.05) is 36.9 Å². The number of piperidine rings is 1. The molecule has 25 heavy (non-hydrogen) atoms. The molecular formula is C20H25N3O2. The van der Waals surface area contributed by atoms with Crippen molar-refractivity contribution >= 4 is 5.91 Å². The van der Waals surface area contributed by atoms with Gasteiger partial charge < -0.3 is 9.42 Å². The quantitative estimate of drug-likeness (QED) is 0.843. The van der Waals surface area contributed by atoms with Gasteiger partial charge in [-0.3, -0.25) is 4.79 Å². The van der Waals surface area contributed by atoms with E-state index in [0.717, 1.165) is 38.1 Å². The Balaban J connectivity index is 1.50. The molecule has 1 aromatic heterocycles. The van der Waals surface area contributed by atoms with Crippen LogP contribution in [0.4, 0.5) is 0 Å². The Morgan fingerprint density at radius 2 is 2.04 bits per heavy atom. The Bertz CT molecular complexity index is 740. The second-order valence-electron chi connectivity index (χ2n) is 7.55. The minimum absolute atomic E-state index is 0.0572. The van der Waals surface area contributed by atoms with Crippen molar-refractivity contribution in [3.8, 4) is 0 Å². The van der Waals surface area contributed by atoms with Gasteiger partial charge in [0.1, 0.15) is 6.04 Å². The van der Waals surface area contributed by atoms with Crippen molar-refractivity contribution in [2.24, 2.45) is 5.92 Å². The van der Waals surface area contributed by atoms with E-state index in [4.69, 9.17) is 4.52 Å². The van der Waals surface area contributed by atoms with Crippen LogP contribution in [0.25, 0.3) is 0 Å². The van der Waals surface area contributed by atoms with E-state index in [1.54, 1.807) is 0 Å². The zero-order valence-corrected chi connectivity index (χ0v) is 14.9. The minimum atomic E-state index is -0.0572. The smallest absolute Gasteiger partial charge is 0.249 e. The van der Waals surface area contributed by atoms with Gasteiger partial charge in [-0.2, -0.15) is 4.98 Å². The molecule has 0 radical (unpaired) electrons. The molecule has 1 saturated heterocycles. The van der Waals surface area contributed by atoms with E-state index in [0.29, 0.717) is 11.8 Å². The highest BCUT2D eigenvalue weighted by molar-refractivity contribution is 5.83. The molecule has 1 saturated carbocycles. The highest BCUT2D eigenvalue weighted by atomic mass is 16.5. The zero-order valence-electron chi connectivity index (χ0n) is 14.9. The molecule has 2 fully saturated rings. The Hall–Kier alpha value is -2.17. The van der Waals surface area contributed by atoms with Gasteiger partial charge >= 0.3 is 0 Å². The number of likely N-dealkylation sites (tertiary alicyclic amines) is 1. The highest BCUT2D eigenvalue weighted by Gasteiger charge is 2.47.